The smallest absolute Gasteiger partial charge is 0.411 e. The molecule has 0 radical (unpaired) electrons. The van der Waals surface area contributed by atoms with Crippen molar-refractivity contribution in [2.75, 3.05) is 38.1 Å². The number of carbonyl (C=O) groups excluding carboxylic acids is 2. The minimum atomic E-state index is -4.00. The number of nitrogens with two attached hydrogens (primary N) is 1. The molecule has 0 unspecified atom stereocenters. The van der Waals surface area contributed by atoms with Crippen LogP contribution in [0.3, 0.4) is 0 Å². The fourth-order valence-electron chi connectivity index (χ4n) is 3.87. The quantitative estimate of drug-likeness (QED) is 0.430. The highest BCUT2D eigenvalue weighted by atomic mass is 32.2. The van der Waals surface area contributed by atoms with Crippen LogP contribution in [0.25, 0.3) is 5.57 Å². The average Bonchev–Trinajstić information content (AvgIpc) is 2.84. The summed E-state index contributed by atoms with van der Waals surface area (Å²) in [5, 5.41) is 10.4. The molecule has 9 nitrogen and oxygen atoms in total. The highest BCUT2D eigenvalue weighted by Crippen LogP contribution is 2.23. The molecular weight excluding hydrogens is 468 g/mol. The second kappa shape index (κ2) is 12.5. The maximum absolute atomic E-state index is 12.7. The summed E-state index contributed by atoms with van der Waals surface area (Å²) in [5.41, 5.74) is 2.81. The molecule has 4 N–H and O–H groups in total. The van der Waals surface area contributed by atoms with E-state index < -0.39 is 22.0 Å². The van der Waals surface area contributed by atoms with Crippen LogP contribution in [0.2, 0.25) is 0 Å². The number of ether oxygens (including phenoxy) is 1. The zero-order valence-electron chi connectivity index (χ0n) is 19.8. The van der Waals surface area contributed by atoms with E-state index >= 15 is 0 Å². The summed E-state index contributed by atoms with van der Waals surface area (Å²) in [6.07, 6.45) is 4.22. The van der Waals surface area contributed by atoms with E-state index in [1.807, 2.05) is 6.07 Å². The van der Waals surface area contributed by atoms with Crippen LogP contribution >= 0.6 is 0 Å². The molecule has 2 aromatic carbocycles. The van der Waals surface area contributed by atoms with E-state index in [1.165, 1.54) is 23.3 Å². The van der Waals surface area contributed by atoms with Gasteiger partial charge in [0.2, 0.25) is 10.0 Å². The molecule has 2 aromatic rings. The van der Waals surface area contributed by atoms with Gasteiger partial charge in [-0.2, -0.15) is 0 Å². The first kappa shape index (κ1) is 26.4. The van der Waals surface area contributed by atoms with Crippen LogP contribution in [-0.2, 0) is 14.8 Å². The first-order valence-corrected chi connectivity index (χ1v) is 13.2. The number of nitrogens with zero attached hydrogens (tertiary/aromatic N) is 1. The Kier molecular flexibility index (Phi) is 9.41. The maximum atomic E-state index is 12.7. The third-order valence-electron chi connectivity index (χ3n) is 5.70. The summed E-state index contributed by atoms with van der Waals surface area (Å²) in [5.74, 6) is -0.425. The van der Waals surface area contributed by atoms with Crippen LogP contribution in [0.5, 0.6) is 0 Å². The van der Waals surface area contributed by atoms with Crippen molar-refractivity contribution in [1.82, 2.24) is 10.2 Å². The van der Waals surface area contributed by atoms with Crippen LogP contribution in [-0.4, -0.2) is 58.1 Å². The lowest BCUT2D eigenvalue weighted by Gasteiger charge is -2.26. The van der Waals surface area contributed by atoms with E-state index in [0.717, 1.165) is 45.0 Å². The van der Waals surface area contributed by atoms with E-state index in [2.05, 4.69) is 45.9 Å². The highest BCUT2D eigenvalue weighted by molar-refractivity contribution is 7.89. The number of primary sulfonamides is 1. The molecule has 1 aliphatic rings. The molecule has 1 heterocycles. The van der Waals surface area contributed by atoms with Gasteiger partial charge in [-0.3, -0.25) is 15.0 Å². The summed E-state index contributed by atoms with van der Waals surface area (Å²) in [4.78, 5) is 26.7. The minimum absolute atomic E-state index is 0.0156. The molecule has 0 saturated carbocycles. The second-order valence-electron chi connectivity index (χ2n) is 8.21. The second-order valence-corrected chi connectivity index (χ2v) is 9.77. The van der Waals surface area contributed by atoms with Crippen LogP contribution in [0.4, 0.5) is 10.5 Å². The molecule has 0 spiro atoms. The first-order valence-electron chi connectivity index (χ1n) is 11.6. The van der Waals surface area contributed by atoms with Gasteiger partial charge in [-0.05, 0) is 62.1 Å². The van der Waals surface area contributed by atoms with Gasteiger partial charge in [0.05, 0.1) is 22.8 Å². The van der Waals surface area contributed by atoms with E-state index in [1.54, 1.807) is 6.92 Å². The SMILES string of the molecule is CCOC(=O)Nc1cc(S(N)(=O)=O)ccc1C(=O)NCCCCN1CC=C(c2ccccc2)CC1. The Labute approximate surface area is 206 Å². The van der Waals surface area contributed by atoms with Crippen molar-refractivity contribution in [1.29, 1.82) is 0 Å². The van der Waals surface area contributed by atoms with E-state index in [0.29, 0.717) is 6.54 Å². The third-order valence-corrected chi connectivity index (χ3v) is 6.61. The van der Waals surface area contributed by atoms with Gasteiger partial charge in [0.1, 0.15) is 0 Å². The number of anilines is 1. The fourth-order valence-corrected chi connectivity index (χ4v) is 4.41. The van der Waals surface area contributed by atoms with E-state index in [-0.39, 0.29) is 22.8 Å². The number of hydrogen-bond acceptors (Lipinski definition) is 6. The van der Waals surface area contributed by atoms with E-state index in [4.69, 9.17) is 9.88 Å². The van der Waals surface area contributed by atoms with Crippen LogP contribution in [0.1, 0.15) is 42.1 Å². The number of rotatable bonds is 10. The number of unbranched alkanes of at least 4 members (excludes halogenated alkanes) is 1. The maximum Gasteiger partial charge on any atom is 0.411 e. The summed E-state index contributed by atoms with van der Waals surface area (Å²) in [6.45, 7) is 5.07. The molecule has 0 saturated heterocycles. The van der Waals surface area contributed by atoms with Crippen molar-refractivity contribution in [2.45, 2.75) is 31.1 Å². The first-order chi connectivity index (χ1) is 16.8. The Morgan fingerprint density at radius 2 is 1.89 bits per heavy atom. The Bertz CT molecular complexity index is 1170. The molecular formula is C25H32N4O5S. The zero-order valence-corrected chi connectivity index (χ0v) is 20.6. The van der Waals surface area contributed by atoms with Gasteiger partial charge in [0.15, 0.2) is 0 Å². The summed E-state index contributed by atoms with van der Waals surface area (Å²) in [7, 11) is -4.00. The zero-order chi connectivity index (χ0) is 25.3. The van der Waals surface area contributed by atoms with E-state index in [9.17, 15) is 18.0 Å². The predicted molar refractivity (Wildman–Crippen MR) is 136 cm³/mol. The fraction of sp³-hybridized carbons (Fsp3) is 0.360. The van der Waals surface area contributed by atoms with Gasteiger partial charge >= 0.3 is 6.09 Å². The van der Waals surface area contributed by atoms with Crippen molar-refractivity contribution in [2.24, 2.45) is 5.14 Å². The molecule has 0 aliphatic carbocycles. The van der Waals surface area contributed by atoms with Crippen molar-refractivity contribution in [3.8, 4) is 0 Å². The number of benzene rings is 2. The van der Waals surface area contributed by atoms with Gasteiger partial charge in [-0.25, -0.2) is 18.4 Å². The molecule has 1 aliphatic heterocycles. The monoisotopic (exact) mass is 500 g/mol. The van der Waals surface area contributed by atoms with Gasteiger partial charge in [0.25, 0.3) is 5.91 Å². The van der Waals surface area contributed by atoms with Gasteiger partial charge in [0, 0.05) is 19.6 Å². The van der Waals surface area contributed by atoms with Crippen LogP contribution in [0, 0.1) is 0 Å². The van der Waals surface area contributed by atoms with Crippen molar-refractivity contribution >= 4 is 33.3 Å². The van der Waals surface area contributed by atoms with Crippen molar-refractivity contribution in [3.05, 3.63) is 65.7 Å². The summed E-state index contributed by atoms with van der Waals surface area (Å²) >= 11 is 0. The number of hydrogen-bond donors (Lipinski definition) is 3. The third kappa shape index (κ3) is 7.91. The lowest BCUT2D eigenvalue weighted by molar-refractivity contribution is 0.0953. The summed E-state index contributed by atoms with van der Waals surface area (Å²) < 4.78 is 28.2. The number of carbonyl (C=O) groups is 2. The normalized spacial score (nSPS) is 14.2. The highest BCUT2D eigenvalue weighted by Gasteiger charge is 2.18. The Hall–Kier alpha value is -3.21. The van der Waals surface area contributed by atoms with Gasteiger partial charge in [-0.15, -0.1) is 0 Å². The topological polar surface area (TPSA) is 131 Å². The molecule has 3 rings (SSSR count). The number of amides is 2. The van der Waals surface area contributed by atoms with Gasteiger partial charge in [-0.1, -0.05) is 36.4 Å². The number of sulfonamides is 1. The molecule has 0 atom stereocenters. The Morgan fingerprint density at radius 3 is 2.54 bits per heavy atom. The summed E-state index contributed by atoms with van der Waals surface area (Å²) in [6, 6.07) is 14.1. The van der Waals surface area contributed by atoms with Crippen LogP contribution < -0.4 is 15.8 Å². The number of nitrogens with one attached hydrogen (secondary N) is 2. The van der Waals surface area contributed by atoms with Crippen molar-refractivity contribution in [3.63, 3.8) is 0 Å². The molecule has 0 bridgehead atoms. The standard InChI is InChI=1S/C25H32N4O5S/c1-2-34-25(31)28-23-18-21(35(26,32)33)10-11-22(23)24(30)27-14-6-7-15-29-16-12-20(13-17-29)19-8-4-3-5-9-19/h3-5,8-12,18H,2,6-7,13-17H2,1H3,(H,27,30)(H,28,31)(H2,26,32,33). The van der Waals surface area contributed by atoms with Crippen molar-refractivity contribution < 1.29 is 22.7 Å². The molecule has 188 valence electrons. The molecule has 2 amide bonds. The van der Waals surface area contributed by atoms with Crippen LogP contribution in [0.15, 0.2) is 59.5 Å². The molecule has 0 fully saturated rings. The molecule has 0 aromatic heterocycles. The predicted octanol–water partition coefficient (Wildman–Crippen LogP) is 3.20. The molecule has 10 heteroatoms. The lowest BCUT2D eigenvalue weighted by atomic mass is 9.99. The average molecular weight is 501 g/mol. The molecule has 35 heavy (non-hydrogen) atoms. The Morgan fingerprint density at radius 1 is 1.11 bits per heavy atom. The Balaban J connectivity index is 1.48. The lowest BCUT2D eigenvalue weighted by Crippen LogP contribution is -2.31. The van der Waals surface area contributed by atoms with Gasteiger partial charge < -0.3 is 10.1 Å². The largest absolute Gasteiger partial charge is 0.450 e. The minimum Gasteiger partial charge on any atom is -0.450 e.